The quantitative estimate of drug-likeness (QED) is 0.785. The molecule has 0 radical (unpaired) electrons. The number of benzene rings is 1. The Morgan fingerprint density at radius 3 is 2.59 bits per heavy atom. The van der Waals surface area contributed by atoms with Crippen LogP contribution in [-0.2, 0) is 0 Å². The van der Waals surface area contributed by atoms with Crippen LogP contribution < -0.4 is 10.6 Å². The molecule has 1 aliphatic carbocycles. The molecule has 5 heteroatoms. The van der Waals surface area contributed by atoms with Gasteiger partial charge in [-0.3, -0.25) is 4.79 Å². The number of hydrogen-bond donors (Lipinski definition) is 2. The van der Waals surface area contributed by atoms with Crippen molar-refractivity contribution in [1.82, 2.24) is 15.5 Å². The van der Waals surface area contributed by atoms with Crippen molar-refractivity contribution in [3.8, 4) is 0 Å². The van der Waals surface area contributed by atoms with Gasteiger partial charge in [-0.1, -0.05) is 37.8 Å². The summed E-state index contributed by atoms with van der Waals surface area (Å²) < 4.78 is 0. The van der Waals surface area contributed by atoms with Crippen molar-refractivity contribution in [3.05, 3.63) is 35.4 Å². The molecule has 1 atom stereocenters. The first-order valence-electron chi connectivity index (χ1n) is 10.6. The third-order valence-corrected chi connectivity index (χ3v) is 5.85. The molecule has 0 unspecified atom stereocenters. The van der Waals surface area contributed by atoms with E-state index in [0.29, 0.717) is 18.5 Å². The van der Waals surface area contributed by atoms with Crippen LogP contribution in [0.4, 0.5) is 4.79 Å². The predicted octanol–water partition coefficient (Wildman–Crippen LogP) is 4.05. The second-order valence-corrected chi connectivity index (χ2v) is 7.91. The van der Waals surface area contributed by atoms with Gasteiger partial charge >= 0.3 is 6.03 Å². The molecule has 1 aromatic rings. The Kier molecular flexibility index (Phi) is 7.13. The fraction of sp³-hybridized carbons (Fsp3) is 0.636. The molecule has 3 rings (SSSR count). The molecule has 5 nitrogen and oxygen atoms in total. The number of nitrogens with zero attached hydrogens (tertiary/aromatic N) is 1. The van der Waals surface area contributed by atoms with Gasteiger partial charge in [0, 0.05) is 37.2 Å². The number of carbonyl (C=O) groups excluding carboxylic acids is 2. The summed E-state index contributed by atoms with van der Waals surface area (Å²) in [6, 6.07) is 8.32. The van der Waals surface area contributed by atoms with Crippen molar-refractivity contribution < 1.29 is 9.59 Å². The van der Waals surface area contributed by atoms with Crippen LogP contribution in [0.25, 0.3) is 0 Å². The molecule has 1 aromatic carbocycles. The van der Waals surface area contributed by atoms with Gasteiger partial charge in [-0.05, 0) is 50.3 Å². The number of hydrogen-bond acceptors (Lipinski definition) is 2. The van der Waals surface area contributed by atoms with Crippen molar-refractivity contribution in [3.63, 3.8) is 0 Å². The lowest BCUT2D eigenvalue weighted by Gasteiger charge is -2.33. The van der Waals surface area contributed by atoms with Crippen LogP contribution in [0, 0.1) is 0 Å². The number of amides is 3. The van der Waals surface area contributed by atoms with Crippen LogP contribution in [0.5, 0.6) is 0 Å². The normalized spacial score (nSPS) is 21.4. The molecule has 2 fully saturated rings. The summed E-state index contributed by atoms with van der Waals surface area (Å²) in [7, 11) is 0. The van der Waals surface area contributed by atoms with Gasteiger partial charge in [0.1, 0.15) is 0 Å². The average molecular weight is 372 g/mol. The van der Waals surface area contributed by atoms with Gasteiger partial charge in [0.25, 0.3) is 5.91 Å². The zero-order valence-electron chi connectivity index (χ0n) is 16.5. The molecule has 2 aliphatic rings. The summed E-state index contributed by atoms with van der Waals surface area (Å²) in [6.45, 7) is 4.12. The number of nitrogens with one attached hydrogen (secondary N) is 2. The highest BCUT2D eigenvalue weighted by atomic mass is 16.2. The van der Waals surface area contributed by atoms with Gasteiger partial charge in [0.2, 0.25) is 0 Å². The van der Waals surface area contributed by atoms with Crippen LogP contribution in [-0.4, -0.2) is 42.5 Å². The molecular weight excluding hydrogens is 338 g/mol. The maximum absolute atomic E-state index is 12.7. The average Bonchev–Trinajstić information content (AvgIpc) is 2.97. The summed E-state index contributed by atoms with van der Waals surface area (Å²) >= 11 is 0. The second-order valence-electron chi connectivity index (χ2n) is 7.91. The first-order valence-corrected chi connectivity index (χ1v) is 10.6. The van der Waals surface area contributed by atoms with Crippen molar-refractivity contribution in [1.29, 1.82) is 0 Å². The fourth-order valence-electron chi connectivity index (χ4n) is 4.32. The van der Waals surface area contributed by atoms with E-state index in [4.69, 9.17) is 0 Å². The Labute approximate surface area is 162 Å². The minimum Gasteiger partial charge on any atom is -0.349 e. The van der Waals surface area contributed by atoms with E-state index in [2.05, 4.69) is 16.7 Å². The number of carbonyl (C=O) groups is 2. The van der Waals surface area contributed by atoms with Gasteiger partial charge in [-0.2, -0.15) is 0 Å². The van der Waals surface area contributed by atoms with Crippen LogP contribution >= 0.6 is 0 Å². The fourth-order valence-corrected chi connectivity index (χ4v) is 4.32. The van der Waals surface area contributed by atoms with Gasteiger partial charge in [-0.25, -0.2) is 4.79 Å². The van der Waals surface area contributed by atoms with Crippen LogP contribution in [0.3, 0.4) is 0 Å². The number of likely N-dealkylation sites (tertiary alicyclic amines) is 1. The molecule has 2 N–H and O–H groups in total. The Balaban J connectivity index is 1.63. The molecule has 1 heterocycles. The maximum atomic E-state index is 12.7. The molecule has 27 heavy (non-hydrogen) atoms. The van der Waals surface area contributed by atoms with Crippen molar-refractivity contribution in [2.75, 3.05) is 19.6 Å². The third kappa shape index (κ3) is 5.47. The van der Waals surface area contributed by atoms with Crippen molar-refractivity contribution in [2.45, 2.75) is 70.3 Å². The maximum Gasteiger partial charge on any atom is 0.317 e. The number of piperidine rings is 1. The Morgan fingerprint density at radius 1 is 1.07 bits per heavy atom. The Morgan fingerprint density at radius 2 is 1.85 bits per heavy atom. The minimum atomic E-state index is 0.0180. The lowest BCUT2D eigenvalue weighted by atomic mass is 9.89. The van der Waals surface area contributed by atoms with Crippen LogP contribution in [0.1, 0.15) is 80.1 Å². The highest BCUT2D eigenvalue weighted by Gasteiger charge is 2.25. The van der Waals surface area contributed by atoms with Crippen molar-refractivity contribution >= 4 is 11.9 Å². The van der Waals surface area contributed by atoms with E-state index < -0.39 is 0 Å². The lowest BCUT2D eigenvalue weighted by molar-refractivity contribution is 0.0933. The molecule has 148 valence electrons. The van der Waals surface area contributed by atoms with Gasteiger partial charge < -0.3 is 15.5 Å². The zero-order valence-corrected chi connectivity index (χ0v) is 16.5. The molecule has 0 spiro atoms. The summed E-state index contributed by atoms with van der Waals surface area (Å²) in [5.41, 5.74) is 1.91. The molecule has 0 bridgehead atoms. The predicted molar refractivity (Wildman–Crippen MR) is 108 cm³/mol. The number of rotatable bonds is 4. The van der Waals surface area contributed by atoms with Gasteiger partial charge in [0.05, 0.1) is 0 Å². The standard InChI is InChI=1S/C22H33N3O2/c1-2-23-22(27)25-14-8-11-19(16-25)17-9-7-10-18(15-17)21(26)24-20-12-5-3-4-6-13-20/h7,9-10,15,19-20H,2-6,8,11-14,16H2,1H3,(H,23,27)(H,24,26)/t19-/m0/s1. The van der Waals surface area contributed by atoms with Crippen LogP contribution in [0.2, 0.25) is 0 Å². The SMILES string of the molecule is CCNC(=O)N1CCC[C@H](c2cccc(C(=O)NC3CCCCCC3)c2)C1. The number of urea groups is 1. The highest BCUT2D eigenvalue weighted by molar-refractivity contribution is 5.94. The Bertz CT molecular complexity index is 638. The largest absolute Gasteiger partial charge is 0.349 e. The van der Waals surface area contributed by atoms with Gasteiger partial charge in [0.15, 0.2) is 0 Å². The summed E-state index contributed by atoms with van der Waals surface area (Å²) in [4.78, 5) is 26.8. The summed E-state index contributed by atoms with van der Waals surface area (Å²) in [5, 5.41) is 6.13. The topological polar surface area (TPSA) is 61.4 Å². The van der Waals surface area contributed by atoms with E-state index in [1.165, 1.54) is 25.7 Å². The van der Waals surface area contributed by atoms with E-state index in [9.17, 15) is 9.59 Å². The third-order valence-electron chi connectivity index (χ3n) is 5.85. The first kappa shape index (κ1) is 19.7. The minimum absolute atomic E-state index is 0.0180. The Hall–Kier alpha value is -2.04. The van der Waals surface area contributed by atoms with E-state index in [1.54, 1.807) is 0 Å². The summed E-state index contributed by atoms with van der Waals surface area (Å²) in [6.07, 6.45) is 9.23. The van der Waals surface area contributed by atoms with Crippen molar-refractivity contribution in [2.24, 2.45) is 0 Å². The molecule has 3 amide bonds. The molecule has 1 aliphatic heterocycles. The highest BCUT2D eigenvalue weighted by Crippen LogP contribution is 2.27. The smallest absolute Gasteiger partial charge is 0.317 e. The zero-order chi connectivity index (χ0) is 19.1. The van der Waals surface area contributed by atoms with E-state index in [-0.39, 0.29) is 11.9 Å². The lowest BCUT2D eigenvalue weighted by Crippen LogP contribution is -2.44. The molecular formula is C22H33N3O2. The van der Waals surface area contributed by atoms with E-state index >= 15 is 0 Å². The van der Waals surface area contributed by atoms with Gasteiger partial charge in [-0.15, -0.1) is 0 Å². The van der Waals surface area contributed by atoms with E-state index in [0.717, 1.165) is 49.9 Å². The summed E-state index contributed by atoms with van der Waals surface area (Å²) in [5.74, 6) is 0.340. The molecule has 0 aromatic heterocycles. The van der Waals surface area contributed by atoms with E-state index in [1.807, 2.05) is 30.0 Å². The second kappa shape index (κ2) is 9.77. The molecule has 1 saturated carbocycles. The monoisotopic (exact) mass is 371 g/mol. The molecule has 1 saturated heterocycles. The van der Waals surface area contributed by atoms with Crippen LogP contribution in [0.15, 0.2) is 24.3 Å². The first-order chi connectivity index (χ1) is 13.2.